The lowest BCUT2D eigenvalue weighted by Crippen LogP contribution is -2.53. The Labute approximate surface area is 101 Å². The number of amides is 2. The maximum Gasteiger partial charge on any atom is 0.407 e. The minimum Gasteiger partial charge on any atom is -0.450 e. The molecule has 1 aliphatic heterocycles. The Hall–Kier alpha value is -1.30. The molecule has 0 radical (unpaired) electrons. The predicted octanol–water partition coefficient (Wildman–Crippen LogP) is 0.0707. The van der Waals surface area contributed by atoms with Crippen LogP contribution in [0.5, 0.6) is 0 Å². The molecule has 2 atom stereocenters. The van der Waals surface area contributed by atoms with Gasteiger partial charge in [0.15, 0.2) is 0 Å². The van der Waals surface area contributed by atoms with Gasteiger partial charge in [-0.15, -0.1) is 0 Å². The number of nitrogens with one attached hydrogen (secondary N) is 1. The van der Waals surface area contributed by atoms with Crippen LogP contribution in [0.4, 0.5) is 4.79 Å². The molecule has 0 unspecified atom stereocenters. The number of hydrogen-bond donors (Lipinski definition) is 2. The van der Waals surface area contributed by atoms with E-state index >= 15 is 0 Å². The minimum atomic E-state index is -0.397. The Morgan fingerprint density at radius 3 is 2.88 bits per heavy atom. The Morgan fingerprint density at radius 2 is 2.29 bits per heavy atom. The molecule has 1 aliphatic rings. The van der Waals surface area contributed by atoms with Crippen LogP contribution in [0.25, 0.3) is 0 Å². The molecule has 1 rings (SSSR count). The molecule has 0 saturated carbocycles. The summed E-state index contributed by atoms with van der Waals surface area (Å²) in [5, 5.41) is 2.79. The van der Waals surface area contributed by atoms with E-state index in [-0.39, 0.29) is 18.0 Å². The van der Waals surface area contributed by atoms with E-state index in [4.69, 9.17) is 10.5 Å². The number of ether oxygens (including phenoxy) is 1. The molecule has 98 valence electrons. The van der Waals surface area contributed by atoms with Crippen molar-refractivity contribution in [3.05, 3.63) is 0 Å². The first-order chi connectivity index (χ1) is 8.04. The third kappa shape index (κ3) is 4.22. The number of alkyl carbamates (subject to hydrolysis) is 1. The second kappa shape index (κ2) is 6.44. The molecule has 2 amide bonds. The van der Waals surface area contributed by atoms with Gasteiger partial charge in [-0.25, -0.2) is 4.79 Å². The number of hydrogen-bond acceptors (Lipinski definition) is 4. The molecule has 0 aliphatic carbocycles. The van der Waals surface area contributed by atoms with Crippen LogP contribution < -0.4 is 11.1 Å². The molecular formula is C11H21N3O3. The molecule has 0 spiro atoms. The monoisotopic (exact) mass is 243 g/mol. The summed E-state index contributed by atoms with van der Waals surface area (Å²) >= 11 is 0. The predicted molar refractivity (Wildman–Crippen MR) is 63.4 cm³/mol. The van der Waals surface area contributed by atoms with Crippen LogP contribution >= 0.6 is 0 Å². The van der Waals surface area contributed by atoms with E-state index in [9.17, 15) is 9.59 Å². The standard InChI is InChI=1S/C11H21N3O3/c1-3-17-11(16)13-9-5-4-6-14(7-9)8(2)10(12)15/h8-9H,3-7H2,1-2H3,(H2,12,15)(H,13,16)/t8-,9+/m1/s1. The van der Waals surface area contributed by atoms with Crippen molar-refractivity contribution in [2.45, 2.75) is 38.8 Å². The largest absolute Gasteiger partial charge is 0.450 e. The van der Waals surface area contributed by atoms with Gasteiger partial charge < -0.3 is 15.8 Å². The molecule has 1 saturated heterocycles. The number of primary amides is 1. The molecule has 1 heterocycles. The molecule has 0 aromatic rings. The lowest BCUT2D eigenvalue weighted by atomic mass is 10.0. The Bertz CT molecular complexity index is 283. The summed E-state index contributed by atoms with van der Waals surface area (Å²) in [4.78, 5) is 24.4. The summed E-state index contributed by atoms with van der Waals surface area (Å²) in [7, 11) is 0. The number of nitrogens with two attached hydrogens (primary N) is 1. The van der Waals surface area contributed by atoms with Crippen LogP contribution in [0.3, 0.4) is 0 Å². The third-order valence-electron chi connectivity index (χ3n) is 3.01. The molecule has 17 heavy (non-hydrogen) atoms. The van der Waals surface area contributed by atoms with Gasteiger partial charge in [0, 0.05) is 12.6 Å². The lowest BCUT2D eigenvalue weighted by molar-refractivity contribution is -0.123. The first-order valence-corrected chi connectivity index (χ1v) is 6.01. The van der Waals surface area contributed by atoms with E-state index in [2.05, 4.69) is 5.32 Å². The zero-order valence-corrected chi connectivity index (χ0v) is 10.4. The molecule has 0 aromatic carbocycles. The Kier molecular flexibility index (Phi) is 5.21. The minimum absolute atomic E-state index is 0.0320. The fourth-order valence-electron chi connectivity index (χ4n) is 2.00. The van der Waals surface area contributed by atoms with Gasteiger partial charge in [-0.1, -0.05) is 0 Å². The highest BCUT2D eigenvalue weighted by Gasteiger charge is 2.27. The van der Waals surface area contributed by atoms with Crippen molar-refractivity contribution in [1.29, 1.82) is 0 Å². The molecule has 0 bridgehead atoms. The van der Waals surface area contributed by atoms with E-state index in [0.717, 1.165) is 19.4 Å². The topological polar surface area (TPSA) is 84.7 Å². The van der Waals surface area contributed by atoms with E-state index in [1.54, 1.807) is 13.8 Å². The van der Waals surface area contributed by atoms with Crippen LogP contribution in [0.2, 0.25) is 0 Å². The zero-order valence-electron chi connectivity index (χ0n) is 10.4. The van der Waals surface area contributed by atoms with Gasteiger partial charge in [0.2, 0.25) is 5.91 Å². The first-order valence-electron chi connectivity index (χ1n) is 6.01. The average Bonchev–Trinajstić information content (AvgIpc) is 2.28. The van der Waals surface area contributed by atoms with Gasteiger partial charge >= 0.3 is 6.09 Å². The van der Waals surface area contributed by atoms with E-state index in [0.29, 0.717) is 13.2 Å². The lowest BCUT2D eigenvalue weighted by Gasteiger charge is -2.35. The smallest absolute Gasteiger partial charge is 0.407 e. The summed E-state index contributed by atoms with van der Waals surface area (Å²) in [6.45, 7) is 5.39. The van der Waals surface area contributed by atoms with Crippen LogP contribution in [-0.4, -0.2) is 48.7 Å². The SMILES string of the molecule is CCOC(=O)N[C@H]1CCCN([C@H](C)C(N)=O)C1. The van der Waals surface area contributed by atoms with Gasteiger partial charge in [0.05, 0.1) is 12.6 Å². The summed E-state index contributed by atoms with van der Waals surface area (Å²) in [5.74, 6) is -0.332. The summed E-state index contributed by atoms with van der Waals surface area (Å²) in [6.07, 6.45) is 1.45. The summed E-state index contributed by atoms with van der Waals surface area (Å²) in [6, 6.07) is -0.258. The number of nitrogens with zero attached hydrogens (tertiary/aromatic N) is 1. The summed E-state index contributed by atoms with van der Waals surface area (Å²) < 4.78 is 4.83. The third-order valence-corrected chi connectivity index (χ3v) is 3.01. The molecule has 6 nitrogen and oxygen atoms in total. The second-order valence-electron chi connectivity index (χ2n) is 4.28. The molecular weight excluding hydrogens is 222 g/mol. The van der Waals surface area contributed by atoms with Crippen molar-refractivity contribution in [1.82, 2.24) is 10.2 Å². The van der Waals surface area contributed by atoms with Crippen LogP contribution in [0.15, 0.2) is 0 Å². The van der Waals surface area contributed by atoms with Crippen molar-refractivity contribution in [3.63, 3.8) is 0 Å². The van der Waals surface area contributed by atoms with E-state index in [1.807, 2.05) is 4.90 Å². The van der Waals surface area contributed by atoms with Crippen LogP contribution in [0.1, 0.15) is 26.7 Å². The van der Waals surface area contributed by atoms with Gasteiger partial charge in [-0.05, 0) is 33.2 Å². The van der Waals surface area contributed by atoms with Gasteiger partial charge in [0.25, 0.3) is 0 Å². The van der Waals surface area contributed by atoms with E-state index < -0.39 is 6.09 Å². The van der Waals surface area contributed by atoms with Gasteiger partial charge in [-0.2, -0.15) is 0 Å². The number of likely N-dealkylation sites (tertiary alicyclic amines) is 1. The van der Waals surface area contributed by atoms with Crippen molar-refractivity contribution in [3.8, 4) is 0 Å². The van der Waals surface area contributed by atoms with Crippen molar-refractivity contribution in [2.24, 2.45) is 5.73 Å². The molecule has 0 aromatic heterocycles. The quantitative estimate of drug-likeness (QED) is 0.732. The molecule has 1 fully saturated rings. The number of piperidine rings is 1. The van der Waals surface area contributed by atoms with Crippen molar-refractivity contribution >= 4 is 12.0 Å². The van der Waals surface area contributed by atoms with Gasteiger partial charge in [0.1, 0.15) is 0 Å². The Balaban J connectivity index is 2.43. The fraction of sp³-hybridized carbons (Fsp3) is 0.818. The zero-order chi connectivity index (χ0) is 12.8. The highest BCUT2D eigenvalue weighted by molar-refractivity contribution is 5.79. The summed E-state index contributed by atoms with van der Waals surface area (Å²) in [5.41, 5.74) is 5.27. The highest BCUT2D eigenvalue weighted by atomic mass is 16.5. The highest BCUT2D eigenvalue weighted by Crippen LogP contribution is 2.13. The second-order valence-corrected chi connectivity index (χ2v) is 4.28. The maximum absolute atomic E-state index is 11.3. The Morgan fingerprint density at radius 1 is 1.59 bits per heavy atom. The number of rotatable bonds is 4. The van der Waals surface area contributed by atoms with Crippen LogP contribution in [-0.2, 0) is 9.53 Å². The molecule has 6 heteroatoms. The maximum atomic E-state index is 11.3. The number of carbonyl (C=O) groups excluding carboxylic acids is 2. The van der Waals surface area contributed by atoms with Crippen molar-refractivity contribution in [2.75, 3.05) is 19.7 Å². The van der Waals surface area contributed by atoms with Gasteiger partial charge in [-0.3, -0.25) is 9.69 Å². The van der Waals surface area contributed by atoms with Crippen LogP contribution in [0, 0.1) is 0 Å². The van der Waals surface area contributed by atoms with Crippen molar-refractivity contribution < 1.29 is 14.3 Å². The first kappa shape index (κ1) is 13.8. The normalized spacial score (nSPS) is 22.8. The number of carbonyl (C=O) groups is 2. The fourth-order valence-corrected chi connectivity index (χ4v) is 2.00. The van der Waals surface area contributed by atoms with E-state index in [1.165, 1.54) is 0 Å². The molecule has 3 N–H and O–H groups in total. The average molecular weight is 243 g/mol.